The van der Waals surface area contributed by atoms with Crippen LogP contribution in [0.2, 0.25) is 18.1 Å². The Morgan fingerprint density at radius 2 is 1.88 bits per heavy atom. The highest BCUT2D eigenvalue weighted by Crippen LogP contribution is 2.30. The minimum absolute atomic E-state index is 0.310. The van der Waals surface area contributed by atoms with Crippen LogP contribution in [0.25, 0.3) is 0 Å². The molecule has 0 heterocycles. The molecule has 16 heavy (non-hydrogen) atoms. The summed E-state index contributed by atoms with van der Waals surface area (Å²) < 4.78 is 5.95. The average molecular weight is 300 g/mol. The van der Waals surface area contributed by atoms with Gasteiger partial charge in [0.15, 0.2) is 0 Å². The average Bonchev–Trinajstić information content (AvgIpc) is 2.26. The van der Waals surface area contributed by atoms with Gasteiger partial charge in [-0.15, -0.1) is 0 Å². The lowest BCUT2D eigenvalue weighted by Crippen LogP contribution is -2.27. The number of rotatable bonds is 5. The molecule has 0 bridgehead atoms. The van der Waals surface area contributed by atoms with Crippen LogP contribution < -0.4 is 4.74 Å². The van der Waals surface area contributed by atoms with Crippen LogP contribution in [-0.4, -0.2) is 15.4 Å². The number of ether oxygens (including phenoxy) is 1. The maximum Gasteiger partial charge on any atom is 0.123 e. The van der Waals surface area contributed by atoms with Gasteiger partial charge in [-0.05, 0) is 11.1 Å². The molecule has 3 heteroatoms. The molecule has 0 atom stereocenters. The van der Waals surface area contributed by atoms with Crippen LogP contribution in [0.15, 0.2) is 24.3 Å². The van der Waals surface area contributed by atoms with E-state index in [-0.39, 0.29) is 8.80 Å². The number of alkyl halides is 1. The van der Waals surface area contributed by atoms with E-state index in [2.05, 4.69) is 48.9 Å². The topological polar surface area (TPSA) is 9.23 Å². The van der Waals surface area contributed by atoms with Gasteiger partial charge < -0.3 is 4.74 Å². The second-order valence-corrected chi connectivity index (χ2v) is 8.83. The predicted molar refractivity (Wildman–Crippen MR) is 76.1 cm³/mol. The highest BCUT2D eigenvalue weighted by Gasteiger charge is 2.24. The first-order valence-electron chi connectivity index (χ1n) is 5.54. The van der Waals surface area contributed by atoms with Crippen molar-refractivity contribution in [1.82, 2.24) is 0 Å². The predicted octanol–water partition coefficient (Wildman–Crippen LogP) is 4.49. The lowest BCUT2D eigenvalue weighted by molar-refractivity contribution is 0.274. The molecule has 0 N–H and O–H groups in total. The Morgan fingerprint density at radius 1 is 1.25 bits per heavy atom. The van der Waals surface area contributed by atoms with E-state index in [0.717, 1.165) is 17.7 Å². The van der Waals surface area contributed by atoms with Crippen molar-refractivity contribution in [3.63, 3.8) is 0 Å². The summed E-state index contributed by atoms with van der Waals surface area (Å²) in [6.45, 7) is 10.1. The van der Waals surface area contributed by atoms with Gasteiger partial charge in [0.25, 0.3) is 0 Å². The molecule has 0 spiro atoms. The van der Waals surface area contributed by atoms with Gasteiger partial charge in [0.1, 0.15) is 5.75 Å². The van der Waals surface area contributed by atoms with Crippen molar-refractivity contribution < 1.29 is 4.74 Å². The van der Waals surface area contributed by atoms with Gasteiger partial charge in [0.05, 0.1) is 15.4 Å². The van der Waals surface area contributed by atoms with Gasteiger partial charge in [-0.1, -0.05) is 61.1 Å². The number of hydrogen-bond donors (Lipinski definition) is 0. The lowest BCUT2D eigenvalue weighted by atomic mass is 10.2. The largest absolute Gasteiger partial charge is 0.493 e. The van der Waals surface area contributed by atoms with Gasteiger partial charge in [0, 0.05) is 10.9 Å². The van der Waals surface area contributed by atoms with Crippen molar-refractivity contribution in [2.75, 3.05) is 6.61 Å². The first kappa shape index (κ1) is 13.8. The minimum Gasteiger partial charge on any atom is -0.493 e. The summed E-state index contributed by atoms with van der Waals surface area (Å²) in [6, 6.07) is 8.22. The van der Waals surface area contributed by atoms with E-state index in [9.17, 15) is 0 Å². The first-order valence-corrected chi connectivity index (χ1v) is 9.17. The van der Waals surface area contributed by atoms with Crippen molar-refractivity contribution >= 4 is 24.7 Å². The van der Waals surface area contributed by atoms with Crippen molar-refractivity contribution in [3.8, 4) is 5.75 Å². The number of hydrogen-bond acceptors (Lipinski definition) is 1. The molecule has 0 aliphatic heterocycles. The normalized spacial score (nSPS) is 11.9. The third-order valence-electron chi connectivity index (χ3n) is 3.06. The highest BCUT2D eigenvalue weighted by molar-refractivity contribution is 9.08. The van der Waals surface area contributed by atoms with Gasteiger partial charge in [0.2, 0.25) is 0 Å². The number of benzene rings is 1. The highest BCUT2D eigenvalue weighted by atomic mass is 79.9. The summed E-state index contributed by atoms with van der Waals surface area (Å²) in [5.41, 5.74) is 1.22. The van der Waals surface area contributed by atoms with E-state index < -0.39 is 0 Å². The number of halogens is 1. The molecule has 89 valence electrons. The standard InChI is InChI=1S/C13H20BrOSi/c1-13(2,16(3)4)10-15-12-8-6-5-7-11(12)9-14/h5-8H,9-10H2,1-4H3. The second-order valence-electron chi connectivity index (χ2n) is 4.91. The molecule has 1 radical (unpaired) electrons. The Kier molecular flexibility index (Phi) is 5.06. The monoisotopic (exact) mass is 299 g/mol. The first-order chi connectivity index (χ1) is 7.47. The summed E-state index contributed by atoms with van der Waals surface area (Å²) >= 11 is 3.48. The Balaban J connectivity index is 2.67. The SMILES string of the molecule is C[Si](C)C(C)(C)COc1ccccc1CBr. The van der Waals surface area contributed by atoms with E-state index in [4.69, 9.17) is 4.74 Å². The van der Waals surface area contributed by atoms with Crippen molar-refractivity contribution in [2.24, 2.45) is 0 Å². The summed E-state index contributed by atoms with van der Waals surface area (Å²) in [7, 11) is -0.336. The quantitative estimate of drug-likeness (QED) is 0.575. The molecule has 1 aromatic carbocycles. The van der Waals surface area contributed by atoms with Crippen molar-refractivity contribution in [3.05, 3.63) is 29.8 Å². The van der Waals surface area contributed by atoms with Crippen molar-refractivity contribution in [1.29, 1.82) is 0 Å². The lowest BCUT2D eigenvalue weighted by Gasteiger charge is -2.28. The van der Waals surface area contributed by atoms with Crippen LogP contribution in [0, 0.1) is 0 Å². The van der Waals surface area contributed by atoms with Crippen molar-refractivity contribution in [2.45, 2.75) is 37.3 Å². The summed E-state index contributed by atoms with van der Waals surface area (Å²) in [5.74, 6) is 1.01. The zero-order valence-corrected chi connectivity index (χ0v) is 13.1. The molecule has 0 saturated carbocycles. The van der Waals surface area contributed by atoms with Crippen LogP contribution in [0.5, 0.6) is 5.75 Å². The van der Waals surface area contributed by atoms with Gasteiger partial charge >= 0.3 is 0 Å². The van der Waals surface area contributed by atoms with Crippen LogP contribution >= 0.6 is 15.9 Å². The molecular weight excluding hydrogens is 280 g/mol. The van der Waals surface area contributed by atoms with E-state index in [0.29, 0.717) is 5.04 Å². The molecule has 0 unspecified atom stereocenters. The molecule has 1 aromatic rings. The Morgan fingerprint density at radius 3 is 2.44 bits per heavy atom. The molecule has 0 saturated heterocycles. The van der Waals surface area contributed by atoms with Crippen LogP contribution in [0.3, 0.4) is 0 Å². The Bertz CT molecular complexity index is 336. The fraction of sp³-hybridized carbons (Fsp3) is 0.538. The fourth-order valence-electron chi connectivity index (χ4n) is 1.16. The van der Waals surface area contributed by atoms with E-state index in [1.165, 1.54) is 5.56 Å². The maximum absolute atomic E-state index is 5.95. The summed E-state index contributed by atoms with van der Waals surface area (Å²) in [6.07, 6.45) is 0. The van der Waals surface area contributed by atoms with E-state index in [1.807, 2.05) is 18.2 Å². The van der Waals surface area contributed by atoms with E-state index in [1.54, 1.807) is 0 Å². The third-order valence-corrected chi connectivity index (χ3v) is 6.51. The van der Waals surface area contributed by atoms with Crippen LogP contribution in [0.4, 0.5) is 0 Å². The molecule has 0 fully saturated rings. The van der Waals surface area contributed by atoms with E-state index >= 15 is 0 Å². The Labute approximate surface area is 109 Å². The smallest absolute Gasteiger partial charge is 0.123 e. The summed E-state index contributed by atoms with van der Waals surface area (Å²) in [4.78, 5) is 0. The fourth-order valence-corrected chi connectivity index (χ4v) is 1.98. The minimum atomic E-state index is -0.336. The van der Waals surface area contributed by atoms with Crippen LogP contribution in [0.1, 0.15) is 19.4 Å². The second kappa shape index (κ2) is 5.87. The van der Waals surface area contributed by atoms with Crippen LogP contribution in [-0.2, 0) is 5.33 Å². The molecule has 0 aromatic heterocycles. The molecule has 1 rings (SSSR count). The van der Waals surface area contributed by atoms with Gasteiger partial charge in [-0.2, -0.15) is 0 Å². The number of para-hydroxylation sites is 1. The molecule has 0 aliphatic rings. The maximum atomic E-state index is 5.95. The Hall–Kier alpha value is -0.283. The molecule has 0 amide bonds. The van der Waals surface area contributed by atoms with Gasteiger partial charge in [-0.3, -0.25) is 0 Å². The summed E-state index contributed by atoms with van der Waals surface area (Å²) in [5, 5.41) is 1.16. The molecular formula is C13H20BrOSi. The zero-order chi connectivity index (χ0) is 12.2. The molecule has 0 aliphatic carbocycles. The molecule has 1 nitrogen and oxygen atoms in total. The zero-order valence-electron chi connectivity index (χ0n) is 10.5. The van der Waals surface area contributed by atoms with Gasteiger partial charge in [-0.25, -0.2) is 0 Å². The third kappa shape index (κ3) is 3.63.